The van der Waals surface area contributed by atoms with Gasteiger partial charge in [0.05, 0.1) is 5.56 Å². The fourth-order valence-corrected chi connectivity index (χ4v) is 3.61. The second-order valence-corrected chi connectivity index (χ2v) is 8.15. The van der Waals surface area contributed by atoms with Gasteiger partial charge in [0.1, 0.15) is 0 Å². The number of hydrogen-bond acceptors (Lipinski definition) is 3. The first-order chi connectivity index (χ1) is 15.1. The maximum absolute atomic E-state index is 13.4. The van der Waals surface area contributed by atoms with E-state index in [0.717, 1.165) is 6.42 Å². The van der Waals surface area contributed by atoms with Crippen molar-refractivity contribution in [3.8, 4) is 11.5 Å². The van der Waals surface area contributed by atoms with Gasteiger partial charge < -0.3 is 4.42 Å². The Bertz CT molecular complexity index is 1140. The Morgan fingerprint density at radius 2 is 1.78 bits per heavy atom. The zero-order valence-corrected chi connectivity index (χ0v) is 19.1. The second-order valence-electron chi connectivity index (χ2n) is 6.86. The number of nitrogens with zero attached hydrogens (tertiary/aromatic N) is 1. The summed E-state index contributed by atoms with van der Waals surface area (Å²) in [6.45, 7) is 2.22. The molecule has 0 spiro atoms. The molecule has 10 heteroatoms. The Kier molecular flexibility index (Phi) is 7.40. The number of unbranched alkanes of at least 4 members (excludes halogenated alkanes) is 1. The standard InChI is InChI=1S/C22H17BrClF3N2O3/c1-2-3-12-29-17(18(30)15-6-4-5-7-16(15)23)19(28-21(31)22(25,26)27)32-20(29)13-8-10-14(24)11-9-13/h4-11H,2-3,12H2,1H3/p+1. The van der Waals surface area contributed by atoms with Crippen LogP contribution in [0.25, 0.3) is 11.5 Å². The Labute approximate surface area is 195 Å². The second kappa shape index (κ2) is 9.87. The van der Waals surface area contributed by atoms with Gasteiger partial charge in [-0.15, -0.1) is 0 Å². The van der Waals surface area contributed by atoms with Crippen LogP contribution in [0.15, 0.2) is 57.4 Å². The summed E-state index contributed by atoms with van der Waals surface area (Å²) in [5, 5.41) is 2.18. The third kappa shape index (κ3) is 5.21. The molecular formula is C22H18BrClF3N2O3+. The number of amides is 1. The van der Waals surface area contributed by atoms with Crippen LogP contribution in [0, 0.1) is 0 Å². The molecule has 0 unspecified atom stereocenters. The van der Waals surface area contributed by atoms with Gasteiger partial charge in [0.15, 0.2) is 6.54 Å². The SMILES string of the molecule is CCCC[n+]1c(-c2ccc(Cl)cc2)oc(NC(=O)C(F)(F)F)c1C(=O)c1ccccc1Br. The summed E-state index contributed by atoms with van der Waals surface area (Å²) in [4.78, 5) is 25.1. The highest BCUT2D eigenvalue weighted by atomic mass is 79.9. The molecule has 0 saturated carbocycles. The number of carbonyl (C=O) groups is 2. The van der Waals surface area contributed by atoms with Gasteiger partial charge >= 0.3 is 23.7 Å². The van der Waals surface area contributed by atoms with E-state index in [4.69, 9.17) is 16.0 Å². The molecule has 0 aliphatic carbocycles. The molecule has 0 fully saturated rings. The highest BCUT2D eigenvalue weighted by molar-refractivity contribution is 9.10. The molecule has 2 aromatic carbocycles. The number of halogens is 5. The molecule has 0 saturated heterocycles. The fourth-order valence-electron chi connectivity index (χ4n) is 3.02. The highest BCUT2D eigenvalue weighted by Gasteiger charge is 2.43. The maximum Gasteiger partial charge on any atom is 0.471 e. The summed E-state index contributed by atoms with van der Waals surface area (Å²) >= 11 is 9.24. The maximum atomic E-state index is 13.4. The van der Waals surface area contributed by atoms with Crippen LogP contribution in [-0.2, 0) is 11.3 Å². The van der Waals surface area contributed by atoms with Crippen LogP contribution < -0.4 is 9.88 Å². The van der Waals surface area contributed by atoms with Gasteiger partial charge in [-0.05, 0) is 36.4 Å². The molecule has 1 amide bonds. The van der Waals surface area contributed by atoms with Crippen molar-refractivity contribution in [3.63, 3.8) is 0 Å². The molecule has 0 aliphatic rings. The van der Waals surface area contributed by atoms with Crippen molar-refractivity contribution >= 4 is 45.1 Å². The smallest absolute Gasteiger partial charge is 0.380 e. The van der Waals surface area contributed by atoms with Crippen LogP contribution >= 0.6 is 27.5 Å². The summed E-state index contributed by atoms with van der Waals surface area (Å²) in [6, 6.07) is 12.9. The highest BCUT2D eigenvalue weighted by Crippen LogP contribution is 2.30. The van der Waals surface area contributed by atoms with Crippen LogP contribution in [0.2, 0.25) is 5.02 Å². The van der Waals surface area contributed by atoms with E-state index in [9.17, 15) is 22.8 Å². The monoisotopic (exact) mass is 529 g/mol. The molecule has 5 nitrogen and oxygen atoms in total. The predicted molar refractivity (Wildman–Crippen MR) is 117 cm³/mol. The van der Waals surface area contributed by atoms with E-state index in [1.807, 2.05) is 6.92 Å². The van der Waals surface area contributed by atoms with Crippen LogP contribution in [-0.4, -0.2) is 17.9 Å². The minimum Gasteiger partial charge on any atom is -0.380 e. The normalized spacial score (nSPS) is 11.4. The molecule has 3 aromatic rings. The Balaban J connectivity index is 2.24. The summed E-state index contributed by atoms with van der Waals surface area (Å²) in [5.74, 6) is -3.29. The number of rotatable bonds is 7. The van der Waals surface area contributed by atoms with Gasteiger partial charge in [-0.25, -0.2) is 0 Å². The van der Waals surface area contributed by atoms with E-state index in [0.29, 0.717) is 21.5 Å². The van der Waals surface area contributed by atoms with E-state index in [1.165, 1.54) is 10.6 Å². The number of carbonyl (C=O) groups excluding carboxylic acids is 2. The molecule has 1 heterocycles. The Hall–Kier alpha value is -2.65. The lowest BCUT2D eigenvalue weighted by Gasteiger charge is -2.06. The molecule has 0 radical (unpaired) electrons. The molecule has 168 valence electrons. The van der Waals surface area contributed by atoms with Gasteiger partial charge in [-0.3, -0.25) is 14.9 Å². The lowest BCUT2D eigenvalue weighted by molar-refractivity contribution is -0.690. The van der Waals surface area contributed by atoms with Crippen LogP contribution in [0.3, 0.4) is 0 Å². The number of nitrogens with one attached hydrogen (secondary N) is 1. The molecule has 0 aliphatic heterocycles. The van der Waals surface area contributed by atoms with Crippen molar-refractivity contribution in [3.05, 3.63) is 69.3 Å². The quantitative estimate of drug-likeness (QED) is 0.293. The molecule has 0 atom stereocenters. The molecule has 1 N–H and O–H groups in total. The summed E-state index contributed by atoms with van der Waals surface area (Å²) in [7, 11) is 0. The minimum atomic E-state index is -5.16. The number of anilines is 1. The minimum absolute atomic E-state index is 0.128. The number of ketones is 1. The Morgan fingerprint density at radius 1 is 1.12 bits per heavy atom. The molecule has 0 bridgehead atoms. The van der Waals surface area contributed by atoms with Crippen LogP contribution in [0.1, 0.15) is 35.8 Å². The number of alkyl halides is 3. The lowest BCUT2D eigenvalue weighted by atomic mass is 10.1. The zero-order valence-electron chi connectivity index (χ0n) is 16.8. The van der Waals surface area contributed by atoms with E-state index in [1.54, 1.807) is 47.8 Å². The summed E-state index contributed by atoms with van der Waals surface area (Å²) in [6.07, 6.45) is -3.78. The molecular weight excluding hydrogens is 513 g/mol. The fraction of sp³-hybridized carbons (Fsp3) is 0.227. The predicted octanol–water partition coefficient (Wildman–Crippen LogP) is 6.18. The average molecular weight is 531 g/mol. The van der Waals surface area contributed by atoms with Gasteiger partial charge in [0.2, 0.25) is 0 Å². The lowest BCUT2D eigenvalue weighted by Crippen LogP contribution is -2.41. The topological polar surface area (TPSA) is 63.2 Å². The molecule has 1 aromatic heterocycles. The first-order valence-electron chi connectivity index (χ1n) is 9.63. The first-order valence-corrected chi connectivity index (χ1v) is 10.8. The zero-order chi connectivity index (χ0) is 23.5. The van der Waals surface area contributed by atoms with Crippen molar-refractivity contribution in [2.45, 2.75) is 32.5 Å². The van der Waals surface area contributed by atoms with E-state index < -0.39 is 23.8 Å². The van der Waals surface area contributed by atoms with Crippen molar-refractivity contribution < 1.29 is 31.7 Å². The van der Waals surface area contributed by atoms with Crippen LogP contribution in [0.4, 0.5) is 19.1 Å². The largest absolute Gasteiger partial charge is 0.471 e. The van der Waals surface area contributed by atoms with E-state index in [2.05, 4.69) is 15.9 Å². The van der Waals surface area contributed by atoms with Crippen molar-refractivity contribution in [1.29, 1.82) is 0 Å². The van der Waals surface area contributed by atoms with Crippen LogP contribution in [0.5, 0.6) is 0 Å². The summed E-state index contributed by atoms with van der Waals surface area (Å²) in [5.41, 5.74) is 0.510. The van der Waals surface area contributed by atoms with Crippen molar-refractivity contribution in [2.75, 3.05) is 5.32 Å². The average Bonchev–Trinajstić information content (AvgIpc) is 3.09. The van der Waals surface area contributed by atoms with E-state index >= 15 is 0 Å². The van der Waals surface area contributed by atoms with Crippen molar-refractivity contribution in [2.24, 2.45) is 0 Å². The number of benzene rings is 2. The number of oxazole rings is 1. The molecule has 32 heavy (non-hydrogen) atoms. The summed E-state index contributed by atoms with van der Waals surface area (Å²) < 4.78 is 46.5. The third-order valence-electron chi connectivity index (χ3n) is 4.57. The van der Waals surface area contributed by atoms with Gasteiger partial charge in [0, 0.05) is 21.5 Å². The molecule has 3 rings (SSSR count). The van der Waals surface area contributed by atoms with Gasteiger partial charge in [-0.2, -0.15) is 17.7 Å². The third-order valence-corrected chi connectivity index (χ3v) is 5.52. The first kappa shape index (κ1) is 24.0. The van der Waals surface area contributed by atoms with Gasteiger partial charge in [0.25, 0.3) is 11.7 Å². The van der Waals surface area contributed by atoms with E-state index in [-0.39, 0.29) is 23.7 Å². The Morgan fingerprint density at radius 3 is 2.38 bits per heavy atom. The van der Waals surface area contributed by atoms with Gasteiger partial charge in [-0.1, -0.05) is 53.0 Å². The van der Waals surface area contributed by atoms with Crippen molar-refractivity contribution in [1.82, 2.24) is 0 Å². The number of aromatic nitrogens is 1. The number of hydrogen-bond donors (Lipinski definition) is 1.